The molecule has 2 fully saturated rings. The lowest BCUT2D eigenvalue weighted by molar-refractivity contribution is 0.143. The summed E-state index contributed by atoms with van der Waals surface area (Å²) < 4.78 is 21.5. The minimum atomic E-state index is -1.59. The molecule has 0 amide bonds. The van der Waals surface area contributed by atoms with E-state index >= 15 is 4.39 Å². The summed E-state index contributed by atoms with van der Waals surface area (Å²) in [6, 6.07) is 1.54. The van der Waals surface area contributed by atoms with Crippen molar-refractivity contribution >= 4 is 46.8 Å². The first-order valence-electron chi connectivity index (χ1n) is 9.25. The van der Waals surface area contributed by atoms with Crippen molar-refractivity contribution in [1.82, 2.24) is 9.88 Å². The van der Waals surface area contributed by atoms with Gasteiger partial charge in [0.2, 0.25) is 5.43 Å². The minimum absolute atomic E-state index is 0. The number of nitrogens with zero attached hydrogens (tertiary/aromatic N) is 2. The Bertz CT molecular complexity index is 1010. The Morgan fingerprint density at radius 3 is 2.48 bits per heavy atom. The van der Waals surface area contributed by atoms with E-state index in [0.717, 1.165) is 18.9 Å². The molecule has 0 radical (unpaired) electrons. The standard InChI is InChI=1S/C19H21ClFN3O4.ClH/c1-9-6-23(7-10(2)22-9)17-13(21)5-12-16(15(17)20)24(11-3-4-11)8-14(18(12)25)28-19(26)27;/h5,8-11,22H,3-4,6-7H2,1-2H3,(H,26,27);1H/t9-,10+;. The van der Waals surface area contributed by atoms with Crippen LogP contribution in [0.4, 0.5) is 14.9 Å². The summed E-state index contributed by atoms with van der Waals surface area (Å²) in [4.78, 5) is 25.5. The third kappa shape index (κ3) is 4.01. The van der Waals surface area contributed by atoms with Gasteiger partial charge in [0.1, 0.15) is 5.82 Å². The number of fused-ring (bicyclic) bond motifs is 1. The summed E-state index contributed by atoms with van der Waals surface area (Å²) in [5.74, 6) is -0.953. The van der Waals surface area contributed by atoms with Crippen LogP contribution in [0, 0.1) is 5.82 Å². The number of nitrogens with one attached hydrogen (secondary N) is 1. The molecule has 4 rings (SSSR count). The molecule has 29 heavy (non-hydrogen) atoms. The maximum absolute atomic E-state index is 15.1. The molecular formula is C19H22Cl2FN3O4. The van der Waals surface area contributed by atoms with Crippen molar-refractivity contribution in [2.24, 2.45) is 0 Å². The summed E-state index contributed by atoms with van der Waals surface area (Å²) in [5, 5.41) is 12.5. The number of carbonyl (C=O) groups is 1. The largest absolute Gasteiger partial charge is 0.511 e. The molecule has 2 heterocycles. The second kappa shape index (κ2) is 8.01. The number of hydrogen-bond acceptors (Lipinski definition) is 5. The van der Waals surface area contributed by atoms with Crippen LogP contribution >= 0.6 is 24.0 Å². The van der Waals surface area contributed by atoms with E-state index < -0.39 is 17.4 Å². The Hall–Kier alpha value is -2.03. The van der Waals surface area contributed by atoms with E-state index in [1.165, 1.54) is 6.20 Å². The van der Waals surface area contributed by atoms with Crippen molar-refractivity contribution in [3.8, 4) is 5.75 Å². The van der Waals surface area contributed by atoms with Crippen molar-refractivity contribution < 1.29 is 19.0 Å². The summed E-state index contributed by atoms with van der Waals surface area (Å²) in [6.07, 6.45) is 1.52. The van der Waals surface area contributed by atoms with Gasteiger partial charge in [-0.25, -0.2) is 9.18 Å². The van der Waals surface area contributed by atoms with Crippen LogP contribution in [0.15, 0.2) is 17.1 Å². The van der Waals surface area contributed by atoms with E-state index in [-0.39, 0.29) is 52.4 Å². The monoisotopic (exact) mass is 445 g/mol. The molecule has 1 aliphatic heterocycles. The first-order chi connectivity index (χ1) is 13.3. The van der Waals surface area contributed by atoms with Crippen molar-refractivity contribution in [1.29, 1.82) is 0 Å². The summed E-state index contributed by atoms with van der Waals surface area (Å²) in [7, 11) is 0. The van der Waals surface area contributed by atoms with Gasteiger partial charge in [0.05, 0.1) is 27.8 Å². The number of anilines is 1. The number of carboxylic acid groups (broad SMARTS) is 1. The van der Waals surface area contributed by atoms with Crippen LogP contribution in [0.25, 0.3) is 10.9 Å². The predicted octanol–water partition coefficient (Wildman–Crippen LogP) is 3.79. The Balaban J connectivity index is 0.00000240. The van der Waals surface area contributed by atoms with Gasteiger partial charge in [0, 0.05) is 31.2 Å². The van der Waals surface area contributed by atoms with Crippen molar-refractivity contribution in [3.63, 3.8) is 0 Å². The van der Waals surface area contributed by atoms with E-state index in [9.17, 15) is 9.59 Å². The highest BCUT2D eigenvalue weighted by molar-refractivity contribution is 6.38. The van der Waals surface area contributed by atoms with E-state index in [1.807, 2.05) is 18.7 Å². The zero-order valence-corrected chi connectivity index (χ0v) is 17.5. The molecule has 1 saturated heterocycles. The molecule has 10 heteroatoms. The molecule has 1 aromatic carbocycles. The molecule has 1 aliphatic carbocycles. The van der Waals surface area contributed by atoms with Gasteiger partial charge < -0.3 is 24.6 Å². The number of aromatic nitrogens is 1. The fourth-order valence-electron chi connectivity index (χ4n) is 4.01. The predicted molar refractivity (Wildman–Crippen MR) is 112 cm³/mol. The molecule has 7 nitrogen and oxygen atoms in total. The van der Waals surface area contributed by atoms with Gasteiger partial charge >= 0.3 is 6.16 Å². The molecule has 2 atom stereocenters. The summed E-state index contributed by atoms with van der Waals surface area (Å²) >= 11 is 6.66. The highest BCUT2D eigenvalue weighted by Gasteiger charge is 2.31. The first kappa shape index (κ1) is 21.7. The van der Waals surface area contributed by atoms with E-state index in [2.05, 4.69) is 10.1 Å². The quantitative estimate of drug-likeness (QED) is 0.699. The van der Waals surface area contributed by atoms with Crippen LogP contribution in [0.2, 0.25) is 5.02 Å². The zero-order valence-electron chi connectivity index (χ0n) is 15.9. The van der Waals surface area contributed by atoms with E-state index in [0.29, 0.717) is 18.6 Å². The van der Waals surface area contributed by atoms with Gasteiger partial charge in [0.25, 0.3) is 0 Å². The van der Waals surface area contributed by atoms with Crippen molar-refractivity contribution in [2.75, 3.05) is 18.0 Å². The third-order valence-corrected chi connectivity index (χ3v) is 5.52. The van der Waals surface area contributed by atoms with Gasteiger partial charge in [-0.05, 0) is 32.8 Å². The number of halogens is 3. The number of rotatable bonds is 3. The molecule has 2 N–H and O–H groups in total. The summed E-state index contributed by atoms with van der Waals surface area (Å²) in [6.45, 7) is 5.21. The molecule has 1 saturated carbocycles. The molecule has 158 valence electrons. The lowest BCUT2D eigenvalue weighted by Gasteiger charge is -2.38. The second-order valence-electron chi connectivity index (χ2n) is 7.62. The van der Waals surface area contributed by atoms with Gasteiger partial charge in [-0.1, -0.05) is 11.6 Å². The second-order valence-corrected chi connectivity index (χ2v) is 8.00. The number of benzene rings is 1. The average Bonchev–Trinajstić information content (AvgIpc) is 3.41. The minimum Gasteiger partial charge on any atom is -0.449 e. The van der Waals surface area contributed by atoms with Gasteiger partial charge in [-0.3, -0.25) is 4.79 Å². The topological polar surface area (TPSA) is 83.8 Å². The number of pyridine rings is 1. The highest BCUT2D eigenvalue weighted by Crippen LogP contribution is 2.43. The molecule has 0 spiro atoms. The van der Waals surface area contributed by atoms with Crippen LogP contribution in [0.3, 0.4) is 0 Å². The Morgan fingerprint density at radius 1 is 1.31 bits per heavy atom. The SMILES string of the molecule is C[C@@H]1CN(c2c(F)cc3c(=O)c(OC(=O)O)cn(C4CC4)c3c2Cl)C[C@H](C)N1.Cl. The molecule has 0 unspecified atom stereocenters. The highest BCUT2D eigenvalue weighted by atomic mass is 35.5. The normalized spacial score (nSPS) is 21.7. The van der Waals surface area contributed by atoms with Gasteiger partial charge in [-0.15, -0.1) is 12.4 Å². The number of piperazine rings is 1. The number of ether oxygens (including phenoxy) is 1. The van der Waals surface area contributed by atoms with Crippen LogP contribution < -0.4 is 20.4 Å². The van der Waals surface area contributed by atoms with Gasteiger partial charge in [0.15, 0.2) is 5.75 Å². The fourth-order valence-corrected chi connectivity index (χ4v) is 4.42. The third-order valence-electron chi connectivity index (χ3n) is 5.16. The van der Waals surface area contributed by atoms with Crippen molar-refractivity contribution in [3.05, 3.63) is 33.3 Å². The maximum Gasteiger partial charge on any atom is 0.511 e. The summed E-state index contributed by atoms with van der Waals surface area (Å²) in [5.41, 5.74) is 0.000843. The maximum atomic E-state index is 15.1. The Morgan fingerprint density at radius 2 is 1.93 bits per heavy atom. The molecule has 1 aromatic heterocycles. The smallest absolute Gasteiger partial charge is 0.449 e. The Kier molecular flexibility index (Phi) is 5.98. The average molecular weight is 446 g/mol. The van der Waals surface area contributed by atoms with Gasteiger partial charge in [-0.2, -0.15) is 0 Å². The Labute approximate surface area is 177 Å². The molecule has 2 aromatic rings. The van der Waals surface area contributed by atoms with Crippen molar-refractivity contribution in [2.45, 2.75) is 44.8 Å². The van der Waals surface area contributed by atoms with Crippen LogP contribution in [0.5, 0.6) is 5.75 Å². The molecular weight excluding hydrogens is 424 g/mol. The van der Waals surface area contributed by atoms with E-state index in [1.54, 1.807) is 4.57 Å². The van der Waals surface area contributed by atoms with Crippen LogP contribution in [0.1, 0.15) is 32.7 Å². The molecule has 0 bridgehead atoms. The lowest BCUT2D eigenvalue weighted by Crippen LogP contribution is -2.54. The number of hydrogen-bond donors (Lipinski definition) is 2. The zero-order chi connectivity index (χ0) is 20.2. The van der Waals surface area contributed by atoms with Crippen LogP contribution in [-0.4, -0.2) is 41.0 Å². The van der Waals surface area contributed by atoms with E-state index in [4.69, 9.17) is 16.7 Å². The molecule has 2 aliphatic rings. The van der Waals surface area contributed by atoms with Crippen LogP contribution in [-0.2, 0) is 0 Å². The lowest BCUT2D eigenvalue weighted by atomic mass is 10.1. The fraction of sp³-hybridized carbons (Fsp3) is 0.474. The first-order valence-corrected chi connectivity index (χ1v) is 9.62.